The Kier molecular flexibility index (Phi) is 4.64. The van der Waals surface area contributed by atoms with E-state index in [1.165, 1.54) is 12.8 Å². The van der Waals surface area contributed by atoms with Crippen LogP contribution in [0.5, 0.6) is 0 Å². The van der Waals surface area contributed by atoms with Gasteiger partial charge in [-0.15, -0.1) is 0 Å². The molecule has 0 unspecified atom stereocenters. The van der Waals surface area contributed by atoms with E-state index in [0.717, 1.165) is 62.9 Å². The van der Waals surface area contributed by atoms with Gasteiger partial charge in [0.05, 0.1) is 11.4 Å². The number of aromatic nitrogens is 4. The summed E-state index contributed by atoms with van der Waals surface area (Å²) in [4.78, 5) is 22.7. The van der Waals surface area contributed by atoms with Gasteiger partial charge >= 0.3 is 0 Å². The van der Waals surface area contributed by atoms with Gasteiger partial charge in [-0.2, -0.15) is 0 Å². The van der Waals surface area contributed by atoms with Crippen molar-refractivity contribution >= 4 is 5.95 Å². The van der Waals surface area contributed by atoms with Crippen LogP contribution in [0.3, 0.4) is 0 Å². The molecule has 0 atom stereocenters. The van der Waals surface area contributed by atoms with Crippen LogP contribution in [0.4, 0.5) is 5.95 Å². The van der Waals surface area contributed by atoms with Crippen molar-refractivity contribution in [1.82, 2.24) is 24.8 Å². The summed E-state index contributed by atoms with van der Waals surface area (Å²) in [6.45, 7) is 5.27. The minimum absolute atomic E-state index is 0.542. The lowest BCUT2D eigenvalue weighted by molar-refractivity contribution is 0.201. The maximum Gasteiger partial charge on any atom is 0.225 e. The molecule has 2 aliphatic rings. The smallest absolute Gasteiger partial charge is 0.225 e. The van der Waals surface area contributed by atoms with Crippen molar-refractivity contribution in [1.29, 1.82) is 0 Å². The zero-order valence-electron chi connectivity index (χ0n) is 14.0. The third-order valence-corrected chi connectivity index (χ3v) is 5.06. The molecular formula is C18H24N6. The first-order chi connectivity index (χ1) is 11.9. The molecule has 0 N–H and O–H groups in total. The van der Waals surface area contributed by atoms with Crippen LogP contribution in [0, 0.1) is 0 Å². The highest BCUT2D eigenvalue weighted by Crippen LogP contribution is 2.26. The molecule has 2 aromatic heterocycles. The van der Waals surface area contributed by atoms with E-state index < -0.39 is 0 Å². The first-order valence-electron chi connectivity index (χ1n) is 8.93. The highest BCUT2D eigenvalue weighted by atomic mass is 15.3. The number of anilines is 1. The fourth-order valence-electron chi connectivity index (χ4n) is 3.68. The van der Waals surface area contributed by atoms with E-state index in [0.29, 0.717) is 5.92 Å². The van der Waals surface area contributed by atoms with Crippen LogP contribution in [-0.4, -0.2) is 51.0 Å². The molecule has 126 valence electrons. The van der Waals surface area contributed by atoms with E-state index in [9.17, 15) is 0 Å². The first kappa shape index (κ1) is 15.4. The highest BCUT2D eigenvalue weighted by Gasteiger charge is 2.22. The number of rotatable bonds is 4. The molecule has 0 saturated carbocycles. The Morgan fingerprint density at radius 3 is 2.54 bits per heavy atom. The van der Waals surface area contributed by atoms with Crippen molar-refractivity contribution < 1.29 is 0 Å². The van der Waals surface area contributed by atoms with Crippen LogP contribution in [0.2, 0.25) is 0 Å². The van der Waals surface area contributed by atoms with Gasteiger partial charge in [-0.1, -0.05) is 0 Å². The summed E-state index contributed by atoms with van der Waals surface area (Å²) in [6.07, 6.45) is 12.1. The Balaban J connectivity index is 1.34. The van der Waals surface area contributed by atoms with Crippen molar-refractivity contribution in [3.8, 4) is 0 Å². The third kappa shape index (κ3) is 3.53. The molecule has 2 aliphatic heterocycles. The van der Waals surface area contributed by atoms with Gasteiger partial charge in [0.1, 0.15) is 0 Å². The Morgan fingerprint density at radius 2 is 1.79 bits per heavy atom. The molecule has 0 spiro atoms. The molecule has 24 heavy (non-hydrogen) atoms. The van der Waals surface area contributed by atoms with Gasteiger partial charge in [0.15, 0.2) is 0 Å². The SMILES string of the molecule is c1cnc(C2CCN(Cc3ccnc(N4CCCC4)n3)CC2)cn1. The van der Waals surface area contributed by atoms with Gasteiger partial charge in [-0.3, -0.25) is 14.9 Å². The van der Waals surface area contributed by atoms with E-state index in [2.05, 4.69) is 24.8 Å². The third-order valence-electron chi connectivity index (χ3n) is 5.06. The molecule has 0 aliphatic carbocycles. The first-order valence-corrected chi connectivity index (χ1v) is 8.93. The number of likely N-dealkylation sites (tertiary alicyclic amines) is 1. The minimum atomic E-state index is 0.542. The molecule has 0 aromatic carbocycles. The van der Waals surface area contributed by atoms with Crippen molar-refractivity contribution in [3.05, 3.63) is 42.2 Å². The van der Waals surface area contributed by atoms with Crippen LogP contribution in [0.15, 0.2) is 30.9 Å². The maximum absolute atomic E-state index is 4.78. The molecule has 0 amide bonds. The van der Waals surface area contributed by atoms with Crippen LogP contribution in [-0.2, 0) is 6.54 Å². The fourth-order valence-corrected chi connectivity index (χ4v) is 3.68. The van der Waals surface area contributed by atoms with Gasteiger partial charge in [-0.25, -0.2) is 9.97 Å². The molecule has 2 aromatic rings. The molecule has 2 saturated heterocycles. The monoisotopic (exact) mass is 324 g/mol. The lowest BCUT2D eigenvalue weighted by Gasteiger charge is -2.31. The lowest BCUT2D eigenvalue weighted by Crippen LogP contribution is -2.33. The quantitative estimate of drug-likeness (QED) is 0.860. The molecule has 6 nitrogen and oxygen atoms in total. The number of nitrogens with zero attached hydrogens (tertiary/aromatic N) is 6. The summed E-state index contributed by atoms with van der Waals surface area (Å²) in [6, 6.07) is 2.05. The summed E-state index contributed by atoms with van der Waals surface area (Å²) >= 11 is 0. The number of hydrogen-bond donors (Lipinski definition) is 0. The molecule has 2 fully saturated rings. The molecule has 4 rings (SSSR count). The summed E-state index contributed by atoms with van der Waals surface area (Å²) in [5.41, 5.74) is 2.26. The van der Waals surface area contributed by atoms with Crippen LogP contribution in [0.1, 0.15) is 43.0 Å². The molecule has 0 radical (unpaired) electrons. The van der Waals surface area contributed by atoms with Crippen molar-refractivity contribution in [2.45, 2.75) is 38.1 Å². The average molecular weight is 324 g/mol. The average Bonchev–Trinajstić information content (AvgIpc) is 3.18. The second-order valence-electron chi connectivity index (χ2n) is 6.72. The van der Waals surface area contributed by atoms with Crippen molar-refractivity contribution in [2.75, 3.05) is 31.1 Å². The predicted molar refractivity (Wildman–Crippen MR) is 92.8 cm³/mol. The Labute approximate surface area is 143 Å². The Hall–Kier alpha value is -2.08. The molecule has 0 bridgehead atoms. The zero-order chi connectivity index (χ0) is 16.2. The topological polar surface area (TPSA) is 58.0 Å². The molecule has 6 heteroatoms. The maximum atomic E-state index is 4.78. The second-order valence-corrected chi connectivity index (χ2v) is 6.72. The van der Waals surface area contributed by atoms with E-state index in [1.54, 1.807) is 12.4 Å². The Bertz CT molecular complexity index is 648. The summed E-state index contributed by atoms with van der Waals surface area (Å²) < 4.78 is 0. The fraction of sp³-hybridized carbons (Fsp3) is 0.556. The Morgan fingerprint density at radius 1 is 0.958 bits per heavy atom. The molecular weight excluding hydrogens is 300 g/mol. The minimum Gasteiger partial charge on any atom is -0.341 e. The van der Waals surface area contributed by atoms with Crippen LogP contribution < -0.4 is 4.90 Å². The van der Waals surface area contributed by atoms with Crippen molar-refractivity contribution in [3.63, 3.8) is 0 Å². The van der Waals surface area contributed by atoms with Crippen LogP contribution in [0.25, 0.3) is 0 Å². The normalized spacial score (nSPS) is 19.8. The second kappa shape index (κ2) is 7.21. The van der Waals surface area contributed by atoms with E-state index in [1.807, 2.05) is 18.5 Å². The van der Waals surface area contributed by atoms with Crippen molar-refractivity contribution in [2.24, 2.45) is 0 Å². The highest BCUT2D eigenvalue weighted by molar-refractivity contribution is 5.31. The molecule has 4 heterocycles. The van der Waals surface area contributed by atoms with Crippen LogP contribution >= 0.6 is 0 Å². The predicted octanol–water partition coefficient (Wildman–Crippen LogP) is 2.25. The lowest BCUT2D eigenvalue weighted by atomic mass is 9.94. The van der Waals surface area contributed by atoms with Gasteiger partial charge in [0.2, 0.25) is 5.95 Å². The van der Waals surface area contributed by atoms with Gasteiger partial charge in [-0.05, 0) is 44.8 Å². The number of piperidine rings is 1. The van der Waals surface area contributed by atoms with E-state index >= 15 is 0 Å². The van der Waals surface area contributed by atoms with Gasteiger partial charge < -0.3 is 4.90 Å². The van der Waals surface area contributed by atoms with Gasteiger partial charge in [0.25, 0.3) is 0 Å². The summed E-state index contributed by atoms with van der Waals surface area (Å²) in [7, 11) is 0. The number of hydrogen-bond acceptors (Lipinski definition) is 6. The standard InChI is InChI=1S/C18H24N6/c1-2-10-24(9-1)18-21-6-3-16(22-18)14-23-11-4-15(5-12-23)17-13-19-7-8-20-17/h3,6-8,13,15H,1-2,4-5,9-12,14H2. The zero-order valence-corrected chi connectivity index (χ0v) is 14.0. The van der Waals surface area contributed by atoms with Gasteiger partial charge in [0, 0.05) is 50.3 Å². The summed E-state index contributed by atoms with van der Waals surface area (Å²) in [5, 5.41) is 0. The van der Waals surface area contributed by atoms with E-state index in [-0.39, 0.29) is 0 Å². The largest absolute Gasteiger partial charge is 0.341 e. The van der Waals surface area contributed by atoms with E-state index in [4.69, 9.17) is 4.98 Å². The summed E-state index contributed by atoms with van der Waals surface area (Å²) in [5.74, 6) is 1.44.